The zero-order valence-electron chi connectivity index (χ0n) is 12.0. The third-order valence-electron chi connectivity index (χ3n) is 3.82. The molecule has 6 nitrogen and oxygen atoms in total. The Morgan fingerprint density at radius 1 is 1.29 bits per heavy atom. The molecule has 0 aliphatic heterocycles. The largest absolute Gasteiger partial charge is 0.478 e. The quantitative estimate of drug-likeness (QED) is 0.822. The molecule has 2 aromatic rings. The number of hydrogen-bond donors (Lipinski definition) is 2. The van der Waals surface area contributed by atoms with Crippen LogP contribution in [0.15, 0.2) is 27.8 Å². The SMILES string of the molecule is CCC(CC)Cn1c(=O)c(=O)[nH]c2ccc(C(=O)O)cc21. The topological polar surface area (TPSA) is 92.2 Å². The average Bonchev–Trinajstić information content (AvgIpc) is 2.47. The van der Waals surface area contributed by atoms with Crippen LogP contribution in [0.2, 0.25) is 0 Å². The summed E-state index contributed by atoms with van der Waals surface area (Å²) < 4.78 is 1.39. The summed E-state index contributed by atoms with van der Waals surface area (Å²) in [4.78, 5) is 37.4. The van der Waals surface area contributed by atoms with Crippen LogP contribution in [0.1, 0.15) is 37.0 Å². The number of fused-ring (bicyclic) bond motifs is 1. The molecule has 0 saturated carbocycles. The van der Waals surface area contributed by atoms with Gasteiger partial charge in [0.25, 0.3) is 0 Å². The van der Waals surface area contributed by atoms with E-state index in [1.165, 1.54) is 22.8 Å². The smallest absolute Gasteiger partial charge is 0.335 e. The molecule has 6 heteroatoms. The first-order chi connectivity index (χ1) is 9.97. The van der Waals surface area contributed by atoms with Crippen LogP contribution in [0.25, 0.3) is 11.0 Å². The lowest BCUT2D eigenvalue weighted by Crippen LogP contribution is -2.37. The van der Waals surface area contributed by atoms with Crippen molar-refractivity contribution in [1.82, 2.24) is 9.55 Å². The van der Waals surface area contributed by atoms with Gasteiger partial charge in [0.05, 0.1) is 16.6 Å². The van der Waals surface area contributed by atoms with Gasteiger partial charge in [0.1, 0.15) is 0 Å². The highest BCUT2D eigenvalue weighted by Gasteiger charge is 2.13. The van der Waals surface area contributed by atoms with Gasteiger partial charge in [-0.05, 0) is 24.1 Å². The lowest BCUT2D eigenvalue weighted by atomic mass is 10.0. The van der Waals surface area contributed by atoms with Crippen molar-refractivity contribution in [3.63, 3.8) is 0 Å². The van der Waals surface area contributed by atoms with E-state index in [1.54, 1.807) is 0 Å². The number of rotatable bonds is 5. The van der Waals surface area contributed by atoms with Crippen LogP contribution in [-0.2, 0) is 6.54 Å². The monoisotopic (exact) mass is 290 g/mol. The van der Waals surface area contributed by atoms with Gasteiger partial charge in [-0.1, -0.05) is 26.7 Å². The number of aromatic amines is 1. The van der Waals surface area contributed by atoms with E-state index in [4.69, 9.17) is 5.11 Å². The second-order valence-electron chi connectivity index (χ2n) is 5.09. The number of aromatic carboxylic acids is 1. The van der Waals surface area contributed by atoms with E-state index in [9.17, 15) is 14.4 Å². The van der Waals surface area contributed by atoms with Gasteiger partial charge < -0.3 is 14.7 Å². The number of benzene rings is 1. The van der Waals surface area contributed by atoms with Crippen LogP contribution in [0.3, 0.4) is 0 Å². The first-order valence-electron chi connectivity index (χ1n) is 6.98. The Balaban J connectivity index is 2.72. The minimum absolute atomic E-state index is 0.0900. The highest BCUT2D eigenvalue weighted by Crippen LogP contribution is 2.16. The Bertz CT molecular complexity index is 784. The van der Waals surface area contributed by atoms with Crippen LogP contribution in [-0.4, -0.2) is 20.6 Å². The number of carboxylic acid groups (broad SMARTS) is 1. The molecular weight excluding hydrogens is 272 g/mol. The molecule has 1 aromatic carbocycles. The maximum atomic E-state index is 12.1. The van der Waals surface area contributed by atoms with Gasteiger partial charge in [0.2, 0.25) is 0 Å². The van der Waals surface area contributed by atoms with Crippen LogP contribution in [0.4, 0.5) is 0 Å². The Hall–Kier alpha value is -2.37. The number of carboxylic acids is 1. The van der Waals surface area contributed by atoms with Gasteiger partial charge in [0, 0.05) is 6.54 Å². The zero-order valence-corrected chi connectivity index (χ0v) is 12.0. The molecule has 0 unspecified atom stereocenters. The van der Waals surface area contributed by atoms with Crippen LogP contribution >= 0.6 is 0 Å². The van der Waals surface area contributed by atoms with E-state index in [0.717, 1.165) is 12.8 Å². The summed E-state index contributed by atoms with van der Waals surface area (Å²) in [6.07, 6.45) is 1.77. The summed E-state index contributed by atoms with van der Waals surface area (Å²) in [5, 5.41) is 9.07. The van der Waals surface area contributed by atoms with Crippen molar-refractivity contribution in [2.24, 2.45) is 5.92 Å². The lowest BCUT2D eigenvalue weighted by molar-refractivity contribution is 0.0697. The molecule has 0 aliphatic rings. The maximum absolute atomic E-state index is 12.1. The molecule has 0 fully saturated rings. The summed E-state index contributed by atoms with van der Waals surface area (Å²) in [5.74, 6) is -0.800. The fourth-order valence-electron chi connectivity index (χ4n) is 2.39. The molecule has 0 spiro atoms. The van der Waals surface area contributed by atoms with E-state index in [0.29, 0.717) is 17.6 Å². The van der Waals surface area contributed by atoms with Crippen molar-refractivity contribution < 1.29 is 9.90 Å². The van der Waals surface area contributed by atoms with Gasteiger partial charge >= 0.3 is 17.1 Å². The minimum Gasteiger partial charge on any atom is -0.478 e. The van der Waals surface area contributed by atoms with Gasteiger partial charge in [-0.3, -0.25) is 9.59 Å². The molecule has 112 valence electrons. The minimum atomic E-state index is -1.07. The van der Waals surface area contributed by atoms with Gasteiger partial charge in [0.15, 0.2) is 0 Å². The molecule has 2 N–H and O–H groups in total. The van der Waals surface area contributed by atoms with Crippen molar-refractivity contribution in [3.8, 4) is 0 Å². The Labute approximate surface area is 121 Å². The van der Waals surface area contributed by atoms with Gasteiger partial charge in [-0.25, -0.2) is 4.79 Å². The first kappa shape index (κ1) is 15.0. The summed E-state index contributed by atoms with van der Waals surface area (Å²) in [6.45, 7) is 4.46. The molecule has 1 aromatic heterocycles. The number of aromatic nitrogens is 2. The second-order valence-corrected chi connectivity index (χ2v) is 5.09. The summed E-state index contributed by atoms with van der Waals surface area (Å²) in [5.41, 5.74) is -0.317. The summed E-state index contributed by atoms with van der Waals surface area (Å²) >= 11 is 0. The molecule has 0 radical (unpaired) electrons. The molecule has 2 rings (SSSR count). The lowest BCUT2D eigenvalue weighted by Gasteiger charge is -2.16. The van der Waals surface area contributed by atoms with Crippen LogP contribution < -0.4 is 11.1 Å². The Morgan fingerprint density at radius 2 is 1.95 bits per heavy atom. The third-order valence-corrected chi connectivity index (χ3v) is 3.82. The third kappa shape index (κ3) is 2.89. The summed E-state index contributed by atoms with van der Waals surface area (Å²) in [7, 11) is 0. The van der Waals surface area contributed by atoms with E-state index in [-0.39, 0.29) is 11.5 Å². The first-order valence-corrected chi connectivity index (χ1v) is 6.98. The zero-order chi connectivity index (χ0) is 15.6. The number of carbonyl (C=O) groups is 1. The van der Waals surface area contributed by atoms with Crippen molar-refractivity contribution in [2.75, 3.05) is 0 Å². The molecule has 1 heterocycles. The number of nitrogens with zero attached hydrogens (tertiary/aromatic N) is 1. The Morgan fingerprint density at radius 3 is 2.52 bits per heavy atom. The van der Waals surface area contributed by atoms with Crippen molar-refractivity contribution >= 4 is 17.0 Å². The Kier molecular flexibility index (Phi) is 4.26. The highest BCUT2D eigenvalue weighted by molar-refractivity contribution is 5.92. The van der Waals surface area contributed by atoms with Crippen molar-refractivity contribution in [1.29, 1.82) is 0 Å². The average molecular weight is 290 g/mol. The number of H-pyrrole nitrogens is 1. The van der Waals surface area contributed by atoms with Crippen LogP contribution in [0.5, 0.6) is 0 Å². The van der Waals surface area contributed by atoms with Crippen molar-refractivity contribution in [3.05, 3.63) is 44.5 Å². The van der Waals surface area contributed by atoms with Gasteiger partial charge in [-0.2, -0.15) is 0 Å². The van der Waals surface area contributed by atoms with E-state index < -0.39 is 17.1 Å². The predicted molar refractivity (Wildman–Crippen MR) is 79.9 cm³/mol. The second kappa shape index (κ2) is 5.95. The van der Waals surface area contributed by atoms with E-state index in [1.807, 2.05) is 13.8 Å². The van der Waals surface area contributed by atoms with Crippen LogP contribution in [0, 0.1) is 5.92 Å². The fraction of sp³-hybridized carbons (Fsp3) is 0.400. The number of nitrogens with one attached hydrogen (secondary N) is 1. The fourth-order valence-corrected chi connectivity index (χ4v) is 2.39. The standard InChI is InChI=1S/C15H18N2O4/c1-3-9(4-2)8-17-12-7-10(15(20)21)5-6-11(12)16-13(18)14(17)19/h5-7,9H,3-4,8H2,1-2H3,(H,16,18)(H,20,21). The normalized spacial score (nSPS) is 11.2. The van der Waals surface area contributed by atoms with Crippen molar-refractivity contribution in [2.45, 2.75) is 33.2 Å². The molecule has 0 atom stereocenters. The molecule has 0 bridgehead atoms. The predicted octanol–water partition coefficient (Wildman–Crippen LogP) is 1.82. The van der Waals surface area contributed by atoms with Gasteiger partial charge in [-0.15, -0.1) is 0 Å². The highest BCUT2D eigenvalue weighted by atomic mass is 16.4. The molecule has 0 aliphatic carbocycles. The molecule has 0 saturated heterocycles. The summed E-state index contributed by atoms with van der Waals surface area (Å²) in [6, 6.07) is 4.35. The van der Waals surface area contributed by atoms with E-state index in [2.05, 4.69) is 4.98 Å². The van der Waals surface area contributed by atoms with E-state index >= 15 is 0 Å². The molecule has 0 amide bonds. The number of hydrogen-bond acceptors (Lipinski definition) is 3. The maximum Gasteiger partial charge on any atom is 0.335 e. The molecule has 21 heavy (non-hydrogen) atoms. The molecular formula is C15H18N2O4.